The highest BCUT2D eigenvalue weighted by Crippen LogP contribution is 2.68. The molecule has 0 amide bonds. The lowest BCUT2D eigenvalue weighted by atomic mass is 9.43. The molecular formula is C32H48O7S. The minimum absolute atomic E-state index is 0.0751. The van der Waals surface area contributed by atoms with Crippen molar-refractivity contribution in [1.29, 1.82) is 0 Å². The number of aryl methyl sites for hydroxylation is 1. The molecule has 4 saturated carbocycles. The summed E-state index contributed by atoms with van der Waals surface area (Å²) in [5, 5.41) is 23.4. The van der Waals surface area contributed by atoms with Crippen LogP contribution in [0.3, 0.4) is 0 Å². The van der Waals surface area contributed by atoms with Crippen molar-refractivity contribution in [2.24, 2.45) is 46.3 Å². The Kier molecular flexibility index (Phi) is 8.23. The van der Waals surface area contributed by atoms with Gasteiger partial charge in [-0.15, -0.1) is 0 Å². The fraction of sp³-hybridized carbons (Fsp3) is 0.781. The second-order valence-corrected chi connectivity index (χ2v) is 15.5. The zero-order valence-electron chi connectivity index (χ0n) is 24.7. The van der Waals surface area contributed by atoms with Crippen LogP contribution in [0.5, 0.6) is 0 Å². The van der Waals surface area contributed by atoms with Crippen LogP contribution in [0.4, 0.5) is 0 Å². The largest absolute Gasteiger partial charge is 0.469 e. The van der Waals surface area contributed by atoms with Gasteiger partial charge in [0.05, 0.1) is 30.3 Å². The van der Waals surface area contributed by atoms with E-state index in [0.717, 1.165) is 31.2 Å². The lowest BCUT2D eigenvalue weighted by Crippen LogP contribution is -2.62. The minimum Gasteiger partial charge on any atom is -0.469 e. The van der Waals surface area contributed by atoms with Crippen LogP contribution in [0, 0.1) is 53.3 Å². The van der Waals surface area contributed by atoms with Crippen LogP contribution in [-0.4, -0.2) is 50.0 Å². The molecule has 5 unspecified atom stereocenters. The third kappa shape index (κ3) is 5.05. The van der Waals surface area contributed by atoms with Crippen LogP contribution in [0.1, 0.15) is 84.1 Å². The van der Waals surface area contributed by atoms with Gasteiger partial charge in [0, 0.05) is 6.42 Å². The summed E-state index contributed by atoms with van der Waals surface area (Å²) in [4.78, 5) is 12.0. The maximum absolute atomic E-state index is 13.0. The molecular weight excluding hydrogens is 528 g/mol. The van der Waals surface area contributed by atoms with Gasteiger partial charge < -0.3 is 14.9 Å². The standard InChI is InChI=1S/C32H48O7S/c1-19-6-9-23(10-7-19)40(36,37)39-22-14-15-31(3)21(16-22)17-27(33)30-25-12-11-24(20(2)8-13-29(35)38-5)32(25,4)28(34)18-26(30)31/h6-7,9-10,20-22,24-28,30,33-34H,8,11-18H2,1-5H3/t20-,21+,22-,24?,25?,26?,27-,28+,30?,31+,32?/m1/s1. The highest BCUT2D eigenvalue weighted by atomic mass is 32.2. The Morgan fingerprint density at radius 1 is 1.05 bits per heavy atom. The van der Waals surface area contributed by atoms with Crippen LogP contribution in [0.2, 0.25) is 0 Å². The summed E-state index contributed by atoms with van der Waals surface area (Å²) in [6, 6.07) is 6.75. The van der Waals surface area contributed by atoms with Gasteiger partial charge in [0.2, 0.25) is 0 Å². The van der Waals surface area contributed by atoms with Gasteiger partial charge in [-0.05, 0) is 117 Å². The zero-order chi connectivity index (χ0) is 29.0. The van der Waals surface area contributed by atoms with E-state index in [-0.39, 0.29) is 51.3 Å². The van der Waals surface area contributed by atoms with Gasteiger partial charge >= 0.3 is 5.97 Å². The molecule has 2 N–H and O–H groups in total. The van der Waals surface area contributed by atoms with E-state index in [1.165, 1.54) is 7.11 Å². The summed E-state index contributed by atoms with van der Waals surface area (Å²) in [5.41, 5.74) is 0.630. The number of aliphatic hydroxyl groups is 2. The quantitative estimate of drug-likeness (QED) is 0.337. The smallest absolute Gasteiger partial charge is 0.305 e. The van der Waals surface area contributed by atoms with Crippen molar-refractivity contribution in [3.05, 3.63) is 29.8 Å². The van der Waals surface area contributed by atoms with Crippen molar-refractivity contribution < 1.29 is 32.3 Å². The first-order valence-corrected chi connectivity index (χ1v) is 16.6. The highest BCUT2D eigenvalue weighted by Gasteiger charge is 2.65. The fourth-order valence-corrected chi connectivity index (χ4v) is 10.9. The van der Waals surface area contributed by atoms with Gasteiger partial charge in [-0.2, -0.15) is 8.42 Å². The Bertz CT molecular complexity index is 1180. The predicted molar refractivity (Wildman–Crippen MR) is 152 cm³/mol. The number of rotatable bonds is 7. The number of benzene rings is 1. The van der Waals surface area contributed by atoms with Crippen molar-refractivity contribution in [3.63, 3.8) is 0 Å². The molecule has 0 saturated heterocycles. The SMILES string of the molecule is COC(=O)CC[C@@H](C)C1CCC2C3C(C[C@H](O)C21C)[C@@]1(C)CC[C@@H](OS(=O)(=O)c2ccc(C)cc2)C[C@H]1C[C@H]3O. The molecule has 0 bridgehead atoms. The van der Waals surface area contributed by atoms with E-state index in [1.807, 2.05) is 6.92 Å². The lowest BCUT2D eigenvalue weighted by Gasteiger charge is -2.63. The number of methoxy groups -OCH3 is 1. The summed E-state index contributed by atoms with van der Waals surface area (Å²) in [7, 11) is -2.44. The summed E-state index contributed by atoms with van der Waals surface area (Å²) >= 11 is 0. The fourth-order valence-electron chi connectivity index (χ4n) is 9.79. The van der Waals surface area contributed by atoms with Crippen LogP contribution in [-0.2, 0) is 23.8 Å². The van der Waals surface area contributed by atoms with Crippen LogP contribution in [0.25, 0.3) is 0 Å². The van der Waals surface area contributed by atoms with Gasteiger partial charge in [-0.25, -0.2) is 0 Å². The van der Waals surface area contributed by atoms with Gasteiger partial charge in [0.15, 0.2) is 0 Å². The molecule has 40 heavy (non-hydrogen) atoms. The maximum atomic E-state index is 13.0. The first kappa shape index (κ1) is 30.0. The van der Waals surface area contributed by atoms with Gasteiger partial charge in [-0.1, -0.05) is 38.5 Å². The number of hydrogen-bond donors (Lipinski definition) is 2. The van der Waals surface area contributed by atoms with Crippen molar-refractivity contribution in [1.82, 2.24) is 0 Å². The first-order valence-electron chi connectivity index (χ1n) is 15.2. The molecule has 7 nitrogen and oxygen atoms in total. The molecule has 4 fully saturated rings. The topological polar surface area (TPSA) is 110 Å². The number of esters is 1. The minimum atomic E-state index is -3.86. The number of carbonyl (C=O) groups is 1. The summed E-state index contributed by atoms with van der Waals surface area (Å²) in [6.45, 7) is 8.66. The average molecular weight is 577 g/mol. The molecule has 4 aliphatic carbocycles. The Labute approximate surface area is 240 Å². The number of carbonyl (C=O) groups excluding carboxylic acids is 1. The molecule has 0 aliphatic heterocycles. The number of ether oxygens (including phenoxy) is 1. The third-order valence-electron chi connectivity index (χ3n) is 12.1. The number of fused-ring (bicyclic) bond motifs is 5. The Morgan fingerprint density at radius 3 is 2.42 bits per heavy atom. The average Bonchev–Trinajstić information content (AvgIpc) is 3.27. The monoisotopic (exact) mass is 576 g/mol. The predicted octanol–water partition coefficient (Wildman–Crippen LogP) is 5.26. The second-order valence-electron chi connectivity index (χ2n) is 13.9. The van der Waals surface area contributed by atoms with Gasteiger partial charge in [-0.3, -0.25) is 8.98 Å². The number of hydrogen-bond acceptors (Lipinski definition) is 7. The normalized spacial score (nSPS) is 41.9. The van der Waals surface area contributed by atoms with E-state index in [4.69, 9.17) is 8.92 Å². The summed E-state index contributed by atoms with van der Waals surface area (Å²) < 4.78 is 36.6. The summed E-state index contributed by atoms with van der Waals surface area (Å²) in [6.07, 6.45) is 5.18. The van der Waals surface area contributed by atoms with E-state index in [0.29, 0.717) is 38.0 Å². The van der Waals surface area contributed by atoms with Crippen molar-refractivity contribution in [2.75, 3.05) is 7.11 Å². The van der Waals surface area contributed by atoms with E-state index < -0.39 is 28.4 Å². The van der Waals surface area contributed by atoms with Crippen molar-refractivity contribution in [2.45, 2.75) is 109 Å². The van der Waals surface area contributed by atoms with E-state index in [1.54, 1.807) is 24.3 Å². The molecule has 4 aliphatic rings. The van der Waals surface area contributed by atoms with Crippen LogP contribution >= 0.6 is 0 Å². The van der Waals surface area contributed by atoms with E-state index in [9.17, 15) is 23.4 Å². The summed E-state index contributed by atoms with van der Waals surface area (Å²) in [5.74, 6) is 1.08. The molecule has 11 atom stereocenters. The molecule has 0 spiro atoms. The van der Waals surface area contributed by atoms with E-state index >= 15 is 0 Å². The van der Waals surface area contributed by atoms with Crippen LogP contribution in [0.15, 0.2) is 29.2 Å². The van der Waals surface area contributed by atoms with E-state index in [2.05, 4.69) is 20.8 Å². The molecule has 224 valence electrons. The Hall–Kier alpha value is -1.48. The lowest BCUT2D eigenvalue weighted by molar-refractivity contribution is -0.206. The Balaban J connectivity index is 1.31. The Morgan fingerprint density at radius 2 is 1.75 bits per heavy atom. The molecule has 0 heterocycles. The molecule has 0 radical (unpaired) electrons. The molecule has 1 aromatic carbocycles. The van der Waals surface area contributed by atoms with Crippen LogP contribution < -0.4 is 0 Å². The molecule has 0 aromatic heterocycles. The first-order chi connectivity index (χ1) is 18.8. The number of aliphatic hydroxyl groups excluding tert-OH is 2. The molecule has 5 rings (SSSR count). The molecule has 8 heteroatoms. The second kappa shape index (κ2) is 11.0. The van der Waals surface area contributed by atoms with Gasteiger partial charge in [0.1, 0.15) is 0 Å². The molecule has 1 aromatic rings. The zero-order valence-corrected chi connectivity index (χ0v) is 25.5. The maximum Gasteiger partial charge on any atom is 0.305 e. The third-order valence-corrected chi connectivity index (χ3v) is 13.5. The van der Waals surface area contributed by atoms with Crippen molar-refractivity contribution in [3.8, 4) is 0 Å². The highest BCUT2D eigenvalue weighted by molar-refractivity contribution is 7.86. The van der Waals surface area contributed by atoms with Gasteiger partial charge in [0.25, 0.3) is 10.1 Å². The van der Waals surface area contributed by atoms with Crippen molar-refractivity contribution >= 4 is 16.1 Å².